The van der Waals surface area contributed by atoms with Gasteiger partial charge in [-0.1, -0.05) is 6.92 Å². The van der Waals surface area contributed by atoms with Gasteiger partial charge in [0.15, 0.2) is 0 Å². The van der Waals surface area contributed by atoms with Crippen LogP contribution in [0.15, 0.2) is 44.7 Å². The highest BCUT2D eigenvalue weighted by Crippen LogP contribution is 2.33. The molecule has 5 nitrogen and oxygen atoms in total. The molecule has 0 N–H and O–H groups in total. The molecule has 2 aliphatic heterocycles. The number of piperidine rings is 1. The predicted octanol–water partition coefficient (Wildman–Crippen LogP) is 3.75. The van der Waals surface area contributed by atoms with Crippen LogP contribution in [0.1, 0.15) is 43.6 Å². The number of carbonyl (C=O) groups is 1. The first kappa shape index (κ1) is 16.5. The van der Waals surface area contributed by atoms with Gasteiger partial charge in [-0.15, -0.1) is 0 Å². The molecule has 2 aliphatic rings. The molecule has 2 aromatic heterocycles. The van der Waals surface area contributed by atoms with Crippen molar-refractivity contribution < 1.29 is 9.21 Å². The molecule has 1 amide bonds. The molecule has 1 saturated heterocycles. The second-order valence-corrected chi connectivity index (χ2v) is 7.77. The number of rotatable bonds is 4. The van der Waals surface area contributed by atoms with Crippen LogP contribution >= 0.6 is 11.3 Å². The van der Waals surface area contributed by atoms with Gasteiger partial charge in [0.1, 0.15) is 11.8 Å². The Balaban J connectivity index is 1.52. The summed E-state index contributed by atoms with van der Waals surface area (Å²) in [6.07, 6.45) is 4.69. The van der Waals surface area contributed by atoms with Gasteiger partial charge in [-0.2, -0.15) is 16.4 Å². The van der Waals surface area contributed by atoms with Gasteiger partial charge >= 0.3 is 0 Å². The minimum Gasteiger partial charge on any atom is -0.467 e. The third kappa shape index (κ3) is 3.55. The van der Waals surface area contributed by atoms with Crippen molar-refractivity contribution >= 4 is 23.0 Å². The van der Waals surface area contributed by atoms with Crippen molar-refractivity contribution in [3.05, 3.63) is 46.5 Å². The number of hydrogen-bond acceptors (Lipinski definition) is 5. The summed E-state index contributed by atoms with van der Waals surface area (Å²) in [5, 5.41) is 10.4. The summed E-state index contributed by atoms with van der Waals surface area (Å²) in [4.78, 5) is 15.2. The molecule has 0 aliphatic carbocycles. The zero-order chi connectivity index (χ0) is 17.2. The molecule has 1 unspecified atom stereocenters. The third-order valence-corrected chi connectivity index (χ3v) is 5.81. The van der Waals surface area contributed by atoms with E-state index in [0.717, 1.165) is 48.9 Å². The zero-order valence-corrected chi connectivity index (χ0v) is 15.2. The van der Waals surface area contributed by atoms with E-state index in [4.69, 9.17) is 4.42 Å². The predicted molar refractivity (Wildman–Crippen MR) is 98.6 cm³/mol. The molecular weight excluding hydrogens is 334 g/mol. The molecule has 0 spiro atoms. The van der Waals surface area contributed by atoms with Crippen molar-refractivity contribution in [2.45, 2.75) is 32.2 Å². The van der Waals surface area contributed by atoms with Gasteiger partial charge < -0.3 is 4.42 Å². The minimum absolute atomic E-state index is 0.0567. The molecule has 0 aromatic carbocycles. The number of hydrazone groups is 1. The lowest BCUT2D eigenvalue weighted by molar-refractivity contribution is -0.134. The van der Waals surface area contributed by atoms with E-state index < -0.39 is 0 Å². The average molecular weight is 357 g/mol. The Morgan fingerprint density at radius 3 is 2.88 bits per heavy atom. The van der Waals surface area contributed by atoms with E-state index >= 15 is 0 Å². The van der Waals surface area contributed by atoms with Crippen LogP contribution in [-0.2, 0) is 4.79 Å². The first-order valence-electron chi connectivity index (χ1n) is 8.88. The lowest BCUT2D eigenvalue weighted by Crippen LogP contribution is -2.41. The fraction of sp³-hybridized carbons (Fsp3) is 0.474. The Morgan fingerprint density at radius 1 is 1.36 bits per heavy atom. The van der Waals surface area contributed by atoms with Crippen molar-refractivity contribution in [2.24, 2.45) is 11.0 Å². The van der Waals surface area contributed by atoms with Gasteiger partial charge in [0.25, 0.3) is 5.91 Å². The van der Waals surface area contributed by atoms with Crippen LogP contribution in [0.25, 0.3) is 0 Å². The summed E-state index contributed by atoms with van der Waals surface area (Å²) in [5.74, 6) is 1.62. The Labute approximate surface area is 151 Å². The summed E-state index contributed by atoms with van der Waals surface area (Å²) in [6, 6.07) is 5.72. The highest BCUT2D eigenvalue weighted by atomic mass is 32.1. The van der Waals surface area contributed by atoms with Crippen LogP contribution in [0.4, 0.5) is 0 Å². The summed E-state index contributed by atoms with van der Waals surface area (Å²) >= 11 is 1.65. The van der Waals surface area contributed by atoms with Crippen LogP contribution in [0.5, 0.6) is 0 Å². The van der Waals surface area contributed by atoms with E-state index in [2.05, 4.69) is 28.4 Å². The number of likely N-dealkylation sites (tertiary alicyclic amines) is 1. The van der Waals surface area contributed by atoms with E-state index in [9.17, 15) is 4.79 Å². The molecule has 0 saturated carbocycles. The SMILES string of the molecule is CC1CCN(CC(=O)N2N=C(c3ccsc3)CC2c2ccco2)CC1. The second-order valence-electron chi connectivity index (χ2n) is 6.99. The van der Waals surface area contributed by atoms with E-state index in [1.165, 1.54) is 0 Å². The van der Waals surface area contributed by atoms with Crippen LogP contribution in [0.3, 0.4) is 0 Å². The van der Waals surface area contributed by atoms with Crippen LogP contribution in [0, 0.1) is 5.92 Å². The van der Waals surface area contributed by atoms with Gasteiger partial charge in [-0.3, -0.25) is 9.69 Å². The maximum absolute atomic E-state index is 13.0. The number of nitrogens with zero attached hydrogens (tertiary/aromatic N) is 3. The fourth-order valence-electron chi connectivity index (χ4n) is 3.53. The Morgan fingerprint density at radius 2 is 2.20 bits per heavy atom. The summed E-state index contributed by atoms with van der Waals surface area (Å²) in [6.45, 7) is 4.70. The van der Waals surface area contributed by atoms with Gasteiger partial charge in [0.05, 0.1) is 18.5 Å². The Bertz CT molecular complexity index is 731. The first-order valence-corrected chi connectivity index (χ1v) is 9.83. The summed E-state index contributed by atoms with van der Waals surface area (Å²) < 4.78 is 5.59. The molecule has 0 bridgehead atoms. The third-order valence-electron chi connectivity index (χ3n) is 5.13. The molecule has 25 heavy (non-hydrogen) atoms. The topological polar surface area (TPSA) is 49.1 Å². The molecule has 132 valence electrons. The number of furan rings is 1. The van der Waals surface area contributed by atoms with Crippen LogP contribution in [0.2, 0.25) is 0 Å². The van der Waals surface area contributed by atoms with Crippen molar-refractivity contribution in [1.29, 1.82) is 0 Å². The van der Waals surface area contributed by atoms with Crippen molar-refractivity contribution in [3.63, 3.8) is 0 Å². The minimum atomic E-state index is -0.138. The largest absolute Gasteiger partial charge is 0.467 e. The molecule has 4 heterocycles. The van der Waals surface area contributed by atoms with E-state index in [0.29, 0.717) is 13.0 Å². The summed E-state index contributed by atoms with van der Waals surface area (Å²) in [5.41, 5.74) is 2.06. The number of hydrogen-bond donors (Lipinski definition) is 0. The van der Waals surface area contributed by atoms with E-state index in [1.807, 2.05) is 17.5 Å². The van der Waals surface area contributed by atoms with Gasteiger partial charge in [0, 0.05) is 12.0 Å². The fourth-order valence-corrected chi connectivity index (χ4v) is 4.19. The van der Waals surface area contributed by atoms with Crippen LogP contribution < -0.4 is 0 Å². The van der Waals surface area contributed by atoms with Gasteiger partial charge in [-0.25, -0.2) is 5.01 Å². The van der Waals surface area contributed by atoms with Crippen molar-refractivity contribution in [1.82, 2.24) is 9.91 Å². The van der Waals surface area contributed by atoms with Crippen LogP contribution in [-0.4, -0.2) is 41.2 Å². The van der Waals surface area contributed by atoms with E-state index in [-0.39, 0.29) is 11.9 Å². The monoisotopic (exact) mass is 357 g/mol. The normalized spacial score (nSPS) is 22.4. The molecular formula is C19H23N3O2S. The smallest absolute Gasteiger partial charge is 0.257 e. The molecule has 4 rings (SSSR count). The molecule has 2 aromatic rings. The number of thiophene rings is 1. The van der Waals surface area contributed by atoms with Gasteiger partial charge in [0.2, 0.25) is 0 Å². The summed E-state index contributed by atoms with van der Waals surface area (Å²) in [7, 11) is 0. The maximum atomic E-state index is 13.0. The molecule has 6 heteroatoms. The average Bonchev–Trinajstić information content (AvgIpc) is 3.36. The highest BCUT2D eigenvalue weighted by molar-refractivity contribution is 7.08. The molecule has 0 radical (unpaired) electrons. The molecule has 1 atom stereocenters. The first-order chi connectivity index (χ1) is 12.2. The Kier molecular flexibility index (Phi) is 4.72. The van der Waals surface area contributed by atoms with Crippen molar-refractivity contribution in [3.8, 4) is 0 Å². The van der Waals surface area contributed by atoms with Crippen molar-refractivity contribution in [2.75, 3.05) is 19.6 Å². The number of amides is 1. The highest BCUT2D eigenvalue weighted by Gasteiger charge is 2.35. The molecule has 1 fully saturated rings. The number of carbonyl (C=O) groups excluding carboxylic acids is 1. The van der Waals surface area contributed by atoms with E-state index in [1.54, 1.807) is 22.6 Å². The second kappa shape index (κ2) is 7.14. The quantitative estimate of drug-likeness (QED) is 0.837. The Hall–Kier alpha value is -1.92. The standard InChI is InChI=1S/C19H23N3O2S/c1-14-4-7-21(8-5-14)12-19(23)22-17(18-3-2-9-24-18)11-16(20-22)15-6-10-25-13-15/h2-3,6,9-10,13-14,17H,4-5,7-8,11-12H2,1H3. The zero-order valence-electron chi connectivity index (χ0n) is 14.4. The lowest BCUT2D eigenvalue weighted by Gasteiger charge is -2.31. The lowest BCUT2D eigenvalue weighted by atomic mass is 9.99. The maximum Gasteiger partial charge on any atom is 0.257 e. The van der Waals surface area contributed by atoms with Gasteiger partial charge in [-0.05, 0) is 60.8 Å².